The van der Waals surface area contributed by atoms with Crippen molar-refractivity contribution in [1.82, 2.24) is 26.2 Å². The molecular formula is C28H39N9O5. The summed E-state index contributed by atoms with van der Waals surface area (Å²) in [5, 5.41) is 36.7. The average Bonchev–Trinajstić information content (AvgIpc) is 3.73. The van der Waals surface area contributed by atoms with E-state index >= 15 is 0 Å². The summed E-state index contributed by atoms with van der Waals surface area (Å²) in [6.45, 7) is 3.30. The maximum atomic E-state index is 13.4. The molecule has 4 unspecified atom stereocenters. The van der Waals surface area contributed by atoms with Gasteiger partial charge >= 0.3 is 5.97 Å². The summed E-state index contributed by atoms with van der Waals surface area (Å²) in [7, 11) is 0. The molecule has 4 heterocycles. The van der Waals surface area contributed by atoms with Crippen molar-refractivity contribution in [2.24, 2.45) is 38.4 Å². The molecule has 226 valence electrons. The molecule has 5 N–H and O–H groups in total. The second kappa shape index (κ2) is 13.8. The minimum Gasteiger partial charge on any atom is -0.481 e. The number of nitrogens with zero attached hydrogens (tertiary/aromatic N) is 5. The largest absolute Gasteiger partial charge is 0.481 e. The van der Waals surface area contributed by atoms with E-state index in [1.165, 1.54) is 0 Å². The zero-order chi connectivity index (χ0) is 29.5. The molecule has 14 heteroatoms. The number of piperidine rings is 1. The van der Waals surface area contributed by atoms with Crippen molar-refractivity contribution in [3.63, 3.8) is 0 Å². The van der Waals surface area contributed by atoms with Gasteiger partial charge in [0.25, 0.3) is 0 Å². The summed E-state index contributed by atoms with van der Waals surface area (Å²) in [6.07, 6.45) is 12.6. The molecule has 5 aliphatic rings. The number of aliphatic carboxylic acids is 1. The van der Waals surface area contributed by atoms with E-state index in [0.29, 0.717) is 31.8 Å². The number of carboxylic acid groups (broad SMARTS) is 1. The smallest absolute Gasteiger partial charge is 0.305 e. The highest BCUT2D eigenvalue weighted by atomic mass is 16.4. The van der Waals surface area contributed by atoms with Crippen molar-refractivity contribution in [1.29, 1.82) is 0 Å². The molecule has 4 aliphatic heterocycles. The van der Waals surface area contributed by atoms with Gasteiger partial charge in [-0.2, -0.15) is 0 Å². The van der Waals surface area contributed by atoms with Crippen LogP contribution < -0.4 is 21.3 Å². The van der Waals surface area contributed by atoms with Crippen LogP contribution in [0.3, 0.4) is 0 Å². The van der Waals surface area contributed by atoms with E-state index in [0.717, 1.165) is 37.9 Å². The zero-order valence-electron chi connectivity index (χ0n) is 23.5. The molecule has 5 rings (SSSR count). The van der Waals surface area contributed by atoms with Crippen molar-refractivity contribution in [3.8, 4) is 0 Å². The van der Waals surface area contributed by atoms with Crippen molar-refractivity contribution < 1.29 is 24.3 Å². The van der Waals surface area contributed by atoms with E-state index in [1.54, 1.807) is 0 Å². The van der Waals surface area contributed by atoms with Gasteiger partial charge in [-0.3, -0.25) is 19.2 Å². The maximum Gasteiger partial charge on any atom is 0.305 e. The second-order valence-corrected chi connectivity index (χ2v) is 11.6. The number of rotatable bonds is 13. The van der Waals surface area contributed by atoms with Crippen LogP contribution in [0.4, 0.5) is 0 Å². The second-order valence-electron chi connectivity index (χ2n) is 11.6. The Labute approximate surface area is 244 Å². The summed E-state index contributed by atoms with van der Waals surface area (Å²) in [5.41, 5.74) is 1.02. The highest BCUT2D eigenvalue weighted by Crippen LogP contribution is 2.31. The van der Waals surface area contributed by atoms with Gasteiger partial charge in [0.1, 0.15) is 6.04 Å². The number of hydrogen-bond acceptors (Lipinski definition) is 10. The summed E-state index contributed by atoms with van der Waals surface area (Å²) in [4.78, 5) is 52.7. The van der Waals surface area contributed by atoms with Gasteiger partial charge in [0, 0.05) is 31.3 Å². The first-order valence-corrected chi connectivity index (χ1v) is 14.8. The lowest BCUT2D eigenvalue weighted by Gasteiger charge is -2.26. The van der Waals surface area contributed by atoms with Gasteiger partial charge in [0.15, 0.2) is 0 Å². The predicted molar refractivity (Wildman–Crippen MR) is 151 cm³/mol. The predicted octanol–water partition coefficient (Wildman–Crippen LogP) is 1.21. The number of hydrogen-bond donors (Lipinski definition) is 5. The highest BCUT2D eigenvalue weighted by molar-refractivity contribution is 5.92. The molecule has 42 heavy (non-hydrogen) atoms. The normalized spacial score (nSPS) is 26.6. The Morgan fingerprint density at radius 2 is 1.83 bits per heavy atom. The number of fused-ring (bicyclic) bond motifs is 1. The fourth-order valence-corrected chi connectivity index (χ4v) is 6.30. The van der Waals surface area contributed by atoms with Crippen LogP contribution in [0.25, 0.3) is 0 Å². The number of carbonyl (C=O) groups excluding carboxylic acids is 3. The van der Waals surface area contributed by atoms with Crippen molar-refractivity contribution in [2.75, 3.05) is 26.2 Å². The van der Waals surface area contributed by atoms with Gasteiger partial charge in [-0.15, -0.1) is 10.2 Å². The first-order valence-electron chi connectivity index (χ1n) is 14.8. The van der Waals surface area contributed by atoms with Crippen LogP contribution in [0, 0.1) is 17.8 Å². The Morgan fingerprint density at radius 3 is 2.60 bits per heavy atom. The third kappa shape index (κ3) is 7.46. The van der Waals surface area contributed by atoms with Crippen LogP contribution in [0.2, 0.25) is 0 Å². The Balaban J connectivity index is 1.16. The third-order valence-electron chi connectivity index (χ3n) is 8.68. The van der Waals surface area contributed by atoms with Gasteiger partial charge in [0.05, 0.1) is 18.5 Å². The number of nitrogens with one attached hydrogen (secondary N) is 4. The first-order chi connectivity index (χ1) is 20.4. The topological polar surface area (TPSA) is 189 Å². The molecule has 0 spiro atoms. The molecule has 0 aromatic heterocycles. The quantitative estimate of drug-likeness (QED) is 0.216. The lowest BCUT2D eigenvalue weighted by molar-refractivity contribution is -0.141. The standard InChI is InChI=1S/C28H39N9O5/c38-24(14-18-8-12-37(28(18)42)11-7-17-5-9-29-10-6-17)31-23(15-25(39)40)27(41)32-22(26-33-35-36-34-26)13-19-16-30-21-4-2-1-3-20(19)21/h1-4,16-18,20-23,26,29-30H,5-15H2,(H,31,38)(H,32,41)(H,39,40)/t18-,20?,21?,22?,23?/m1/s1. The van der Waals surface area contributed by atoms with E-state index in [-0.39, 0.29) is 24.3 Å². The van der Waals surface area contributed by atoms with E-state index in [2.05, 4.69) is 54.1 Å². The van der Waals surface area contributed by atoms with Crippen LogP contribution in [-0.4, -0.2) is 84.2 Å². The zero-order valence-corrected chi connectivity index (χ0v) is 23.5. The maximum absolute atomic E-state index is 13.4. The fourth-order valence-electron chi connectivity index (χ4n) is 6.30. The molecule has 0 radical (unpaired) electrons. The summed E-state index contributed by atoms with van der Waals surface area (Å²) in [6, 6.07) is -1.87. The van der Waals surface area contributed by atoms with E-state index in [1.807, 2.05) is 23.3 Å². The van der Waals surface area contributed by atoms with E-state index in [4.69, 9.17) is 0 Å². The van der Waals surface area contributed by atoms with Crippen LogP contribution in [-0.2, 0) is 19.2 Å². The van der Waals surface area contributed by atoms with Crippen LogP contribution >= 0.6 is 0 Å². The minimum absolute atomic E-state index is 0.0568. The van der Waals surface area contributed by atoms with Gasteiger partial charge in [-0.1, -0.05) is 24.3 Å². The molecule has 2 fully saturated rings. The van der Waals surface area contributed by atoms with Crippen molar-refractivity contribution >= 4 is 23.7 Å². The van der Waals surface area contributed by atoms with Gasteiger partial charge in [0.2, 0.25) is 23.9 Å². The summed E-state index contributed by atoms with van der Waals surface area (Å²) >= 11 is 0. The average molecular weight is 582 g/mol. The SMILES string of the molecule is O=C(O)CC(NC(=O)C[C@H]1CCN(CCC2CCNCC2)C1=O)C(=O)NC(CC1=CNC2C=CC=CC12)C1N=NN=N1. The van der Waals surface area contributed by atoms with Crippen LogP contribution in [0.5, 0.6) is 0 Å². The van der Waals surface area contributed by atoms with Gasteiger partial charge in [-0.05, 0) is 73.3 Å². The number of allylic oxidation sites excluding steroid dienone is 2. The molecule has 0 saturated carbocycles. The van der Waals surface area contributed by atoms with Crippen LogP contribution in [0.15, 0.2) is 56.8 Å². The van der Waals surface area contributed by atoms with Crippen molar-refractivity contribution in [2.45, 2.75) is 69.2 Å². The lowest BCUT2D eigenvalue weighted by atomic mass is 9.87. The molecule has 1 aliphatic carbocycles. The van der Waals surface area contributed by atoms with Crippen molar-refractivity contribution in [3.05, 3.63) is 36.1 Å². The Kier molecular flexibility index (Phi) is 9.72. The monoisotopic (exact) mass is 581 g/mol. The summed E-state index contributed by atoms with van der Waals surface area (Å²) < 4.78 is 0. The number of carboxylic acids is 1. The molecule has 2 saturated heterocycles. The highest BCUT2D eigenvalue weighted by Gasteiger charge is 2.37. The Morgan fingerprint density at radius 1 is 1.07 bits per heavy atom. The van der Waals surface area contributed by atoms with Gasteiger partial charge < -0.3 is 31.3 Å². The number of amides is 3. The number of likely N-dealkylation sites (tertiary alicyclic amines) is 1. The third-order valence-corrected chi connectivity index (χ3v) is 8.68. The molecule has 3 amide bonds. The van der Waals surface area contributed by atoms with E-state index in [9.17, 15) is 24.3 Å². The molecular weight excluding hydrogens is 542 g/mol. The Bertz CT molecular complexity index is 1180. The lowest BCUT2D eigenvalue weighted by Crippen LogP contribution is -2.53. The van der Waals surface area contributed by atoms with Gasteiger partial charge in [-0.25, -0.2) is 0 Å². The Hall–Kier alpha value is -3.94. The van der Waals surface area contributed by atoms with Crippen LogP contribution in [0.1, 0.15) is 44.9 Å². The molecule has 0 aromatic carbocycles. The molecule has 0 bridgehead atoms. The fraction of sp³-hybridized carbons (Fsp3) is 0.643. The molecule has 5 atom stereocenters. The minimum atomic E-state index is -1.33. The molecule has 14 nitrogen and oxygen atoms in total. The number of carbonyl (C=O) groups is 4. The summed E-state index contributed by atoms with van der Waals surface area (Å²) in [5.74, 6) is -2.27. The van der Waals surface area contributed by atoms with E-state index < -0.39 is 48.4 Å². The molecule has 0 aromatic rings. The first kappa shape index (κ1) is 29.5.